The molecule has 0 unspecified atom stereocenters. The second-order valence-electron chi connectivity index (χ2n) is 6.67. The Morgan fingerprint density at radius 1 is 0.969 bits per heavy atom. The van der Waals surface area contributed by atoms with E-state index in [1.807, 2.05) is 0 Å². The minimum Gasteiger partial charge on any atom is -0.405 e. The van der Waals surface area contributed by atoms with Gasteiger partial charge in [0.1, 0.15) is 5.75 Å². The van der Waals surface area contributed by atoms with Crippen molar-refractivity contribution < 1.29 is 31.1 Å². The van der Waals surface area contributed by atoms with Crippen LogP contribution in [0.3, 0.4) is 0 Å². The van der Waals surface area contributed by atoms with Crippen LogP contribution in [0.2, 0.25) is 0 Å². The molecule has 0 heterocycles. The molecule has 0 radical (unpaired) electrons. The fourth-order valence-corrected chi connectivity index (χ4v) is 4.13. The van der Waals surface area contributed by atoms with E-state index in [4.69, 9.17) is 0 Å². The Kier molecular flexibility index (Phi) is 6.73. The van der Waals surface area contributed by atoms with Gasteiger partial charge in [-0.05, 0) is 36.4 Å². The Morgan fingerprint density at radius 3 is 2.31 bits per heavy atom. The minimum atomic E-state index is -4.87. The summed E-state index contributed by atoms with van der Waals surface area (Å²) in [6, 6.07) is 19.2. The molecule has 0 saturated carbocycles. The first kappa shape index (κ1) is 23.1. The van der Waals surface area contributed by atoms with Gasteiger partial charge in [-0.15, -0.1) is 13.2 Å². The summed E-state index contributed by atoms with van der Waals surface area (Å²) in [4.78, 5) is 12.5. The monoisotopic (exact) mass is 464 g/mol. The molecular weight excluding hydrogens is 445 g/mol. The van der Waals surface area contributed by atoms with Gasteiger partial charge in [-0.25, -0.2) is 8.42 Å². The van der Waals surface area contributed by atoms with Gasteiger partial charge in [0.2, 0.25) is 0 Å². The van der Waals surface area contributed by atoms with Crippen LogP contribution in [-0.2, 0) is 16.6 Å². The number of carbonyl (C=O) groups is 1. The summed E-state index contributed by atoms with van der Waals surface area (Å²) >= 11 is 0. The number of nitrogens with zero attached hydrogens (tertiary/aromatic N) is 1. The molecule has 0 saturated heterocycles. The molecule has 0 aliphatic carbocycles. The molecule has 0 atom stereocenters. The zero-order chi connectivity index (χ0) is 23.4. The third-order valence-electron chi connectivity index (χ3n) is 4.51. The molecular formula is C22H19F3N2O4S. The van der Waals surface area contributed by atoms with Crippen molar-refractivity contribution in [3.8, 4) is 5.75 Å². The van der Waals surface area contributed by atoms with Crippen LogP contribution in [-0.4, -0.2) is 27.7 Å². The number of benzene rings is 3. The fraction of sp³-hybridized carbons (Fsp3) is 0.136. The van der Waals surface area contributed by atoms with Crippen molar-refractivity contribution in [3.05, 3.63) is 90.0 Å². The lowest BCUT2D eigenvalue weighted by atomic mass is 10.1. The van der Waals surface area contributed by atoms with Crippen molar-refractivity contribution in [2.24, 2.45) is 0 Å². The fourth-order valence-electron chi connectivity index (χ4n) is 2.88. The zero-order valence-electron chi connectivity index (χ0n) is 16.8. The van der Waals surface area contributed by atoms with E-state index in [2.05, 4.69) is 10.1 Å². The van der Waals surface area contributed by atoms with Crippen LogP contribution in [0.5, 0.6) is 5.75 Å². The van der Waals surface area contributed by atoms with Crippen molar-refractivity contribution in [1.29, 1.82) is 0 Å². The normalized spacial score (nSPS) is 11.6. The van der Waals surface area contributed by atoms with Gasteiger partial charge in [0, 0.05) is 24.7 Å². The number of hydrogen-bond donors (Lipinski definition) is 1. The lowest BCUT2D eigenvalue weighted by molar-refractivity contribution is -0.274. The van der Waals surface area contributed by atoms with Crippen molar-refractivity contribution in [2.45, 2.75) is 17.8 Å². The summed E-state index contributed by atoms with van der Waals surface area (Å²) in [7, 11) is -2.54. The number of rotatable bonds is 7. The lowest BCUT2D eigenvalue weighted by Gasteiger charge is -2.19. The van der Waals surface area contributed by atoms with Crippen LogP contribution in [0.15, 0.2) is 83.8 Å². The minimum absolute atomic E-state index is 0.0433. The van der Waals surface area contributed by atoms with Crippen molar-refractivity contribution >= 4 is 21.6 Å². The van der Waals surface area contributed by atoms with Crippen molar-refractivity contribution in [2.75, 3.05) is 11.4 Å². The predicted octanol–water partition coefficient (Wildman–Crippen LogP) is 4.34. The van der Waals surface area contributed by atoms with Crippen molar-refractivity contribution in [1.82, 2.24) is 5.32 Å². The lowest BCUT2D eigenvalue weighted by Crippen LogP contribution is -2.27. The molecule has 3 aromatic rings. The van der Waals surface area contributed by atoms with Gasteiger partial charge in [-0.3, -0.25) is 9.10 Å². The average molecular weight is 464 g/mol. The van der Waals surface area contributed by atoms with E-state index in [0.29, 0.717) is 5.69 Å². The quantitative estimate of drug-likeness (QED) is 0.565. The molecule has 168 valence electrons. The topological polar surface area (TPSA) is 75.7 Å². The number of amides is 1. The van der Waals surface area contributed by atoms with Crippen LogP contribution in [0.1, 0.15) is 15.9 Å². The highest BCUT2D eigenvalue weighted by Gasteiger charge is 2.32. The Morgan fingerprint density at radius 2 is 1.62 bits per heavy atom. The van der Waals surface area contributed by atoms with Gasteiger partial charge in [0.25, 0.3) is 15.9 Å². The number of para-hydroxylation sites is 2. The molecule has 0 aromatic heterocycles. The molecule has 1 N–H and O–H groups in total. The molecule has 0 spiro atoms. The smallest absolute Gasteiger partial charge is 0.405 e. The molecule has 3 rings (SSSR count). The van der Waals surface area contributed by atoms with E-state index < -0.39 is 28.0 Å². The highest BCUT2D eigenvalue weighted by atomic mass is 32.2. The molecule has 6 nitrogen and oxygen atoms in total. The number of alkyl halides is 3. The molecule has 1 amide bonds. The highest BCUT2D eigenvalue weighted by molar-refractivity contribution is 7.92. The molecule has 32 heavy (non-hydrogen) atoms. The first-order valence-corrected chi connectivity index (χ1v) is 10.8. The molecule has 0 aliphatic rings. The average Bonchev–Trinajstić information content (AvgIpc) is 2.77. The molecule has 0 bridgehead atoms. The summed E-state index contributed by atoms with van der Waals surface area (Å²) < 4.78 is 68.6. The van der Waals surface area contributed by atoms with Gasteiger partial charge in [0.15, 0.2) is 0 Å². The maximum atomic E-state index is 12.9. The maximum absolute atomic E-state index is 12.9. The zero-order valence-corrected chi connectivity index (χ0v) is 17.7. The van der Waals surface area contributed by atoms with E-state index in [1.165, 1.54) is 49.5 Å². The predicted molar refractivity (Wildman–Crippen MR) is 113 cm³/mol. The van der Waals surface area contributed by atoms with Gasteiger partial charge in [-0.1, -0.05) is 42.5 Å². The number of sulfonamides is 1. The summed E-state index contributed by atoms with van der Waals surface area (Å²) in [5.41, 5.74) is 0.608. The first-order chi connectivity index (χ1) is 15.1. The van der Waals surface area contributed by atoms with Crippen LogP contribution in [0, 0.1) is 0 Å². The Hall–Kier alpha value is -3.53. The summed E-state index contributed by atoms with van der Waals surface area (Å²) in [5.74, 6) is -1.08. The van der Waals surface area contributed by atoms with Gasteiger partial charge >= 0.3 is 6.36 Å². The Balaban J connectivity index is 1.77. The maximum Gasteiger partial charge on any atom is 0.573 e. The van der Waals surface area contributed by atoms with Crippen LogP contribution in [0.25, 0.3) is 0 Å². The third kappa shape index (κ3) is 5.58. The highest BCUT2D eigenvalue weighted by Crippen LogP contribution is 2.26. The first-order valence-electron chi connectivity index (χ1n) is 9.34. The Labute approximate surface area is 183 Å². The van der Waals surface area contributed by atoms with E-state index in [1.54, 1.807) is 30.3 Å². The number of hydrogen-bond acceptors (Lipinski definition) is 4. The number of halogens is 3. The standard InChI is InChI=1S/C22H19F3N2O4S/c1-27(18-10-3-2-4-11-18)32(29,30)19-12-7-9-16(14-19)21(28)26-15-17-8-5-6-13-20(17)31-22(23,24)25/h2-14H,15H2,1H3,(H,26,28). The van der Waals surface area contributed by atoms with E-state index >= 15 is 0 Å². The van der Waals surface area contributed by atoms with E-state index in [9.17, 15) is 26.4 Å². The molecule has 0 fully saturated rings. The van der Waals surface area contributed by atoms with Crippen molar-refractivity contribution in [3.63, 3.8) is 0 Å². The van der Waals surface area contributed by atoms with E-state index in [-0.39, 0.29) is 22.6 Å². The molecule has 0 aliphatic heterocycles. The third-order valence-corrected chi connectivity index (χ3v) is 6.29. The summed E-state index contributed by atoms with van der Waals surface area (Å²) in [6.45, 7) is -0.244. The molecule has 10 heteroatoms. The number of ether oxygens (including phenoxy) is 1. The SMILES string of the molecule is CN(c1ccccc1)S(=O)(=O)c1cccc(C(=O)NCc2ccccc2OC(F)(F)F)c1. The van der Waals surface area contributed by atoms with Gasteiger partial charge in [0.05, 0.1) is 10.6 Å². The van der Waals surface area contributed by atoms with Crippen LogP contribution in [0.4, 0.5) is 18.9 Å². The number of carbonyl (C=O) groups excluding carboxylic acids is 1. The number of nitrogens with one attached hydrogen (secondary N) is 1. The van der Waals surface area contributed by atoms with E-state index in [0.717, 1.165) is 10.4 Å². The van der Waals surface area contributed by atoms with Crippen LogP contribution >= 0.6 is 0 Å². The second kappa shape index (κ2) is 9.31. The number of anilines is 1. The second-order valence-corrected chi connectivity index (χ2v) is 8.64. The largest absolute Gasteiger partial charge is 0.573 e. The summed E-state index contributed by atoms with van der Waals surface area (Å²) in [6.07, 6.45) is -4.87. The van der Waals surface area contributed by atoms with Crippen LogP contribution < -0.4 is 14.4 Å². The van der Waals surface area contributed by atoms with Gasteiger partial charge < -0.3 is 10.1 Å². The summed E-state index contributed by atoms with van der Waals surface area (Å²) in [5, 5.41) is 2.49. The Bertz CT molecular complexity index is 1200. The molecule has 3 aromatic carbocycles. The van der Waals surface area contributed by atoms with Gasteiger partial charge in [-0.2, -0.15) is 0 Å².